The number of carbonyl (C=O) groups excluding carboxylic acids is 2. The van der Waals surface area contributed by atoms with Crippen molar-refractivity contribution in [2.45, 2.75) is 11.8 Å². The summed E-state index contributed by atoms with van der Waals surface area (Å²) in [5.41, 5.74) is 0.560. The summed E-state index contributed by atoms with van der Waals surface area (Å²) in [4.78, 5) is 24.8. The standard InChI is InChI=1S/C17H19N3O4S2/c1-13(22)18-14-2-5-16(6-3-14)26(23,24)20-10-8-19(9-11-20)17-7-4-15(12-21)25-17/h2-7,12H,8-11H2,1H3,(H,18,22). The van der Waals surface area contributed by atoms with E-state index in [9.17, 15) is 18.0 Å². The van der Waals surface area contributed by atoms with Gasteiger partial charge in [0.2, 0.25) is 15.9 Å². The summed E-state index contributed by atoms with van der Waals surface area (Å²) >= 11 is 1.41. The van der Waals surface area contributed by atoms with Gasteiger partial charge in [0.05, 0.1) is 14.8 Å². The van der Waals surface area contributed by atoms with Crippen molar-refractivity contribution < 1.29 is 18.0 Å². The number of nitrogens with zero attached hydrogens (tertiary/aromatic N) is 2. The summed E-state index contributed by atoms with van der Waals surface area (Å²) in [6.07, 6.45) is 0.819. The number of nitrogens with one attached hydrogen (secondary N) is 1. The van der Waals surface area contributed by atoms with Crippen LogP contribution >= 0.6 is 11.3 Å². The maximum absolute atomic E-state index is 12.8. The molecule has 0 bridgehead atoms. The van der Waals surface area contributed by atoms with Crippen LogP contribution < -0.4 is 10.2 Å². The van der Waals surface area contributed by atoms with Gasteiger partial charge in [-0.05, 0) is 36.4 Å². The van der Waals surface area contributed by atoms with Gasteiger partial charge < -0.3 is 10.2 Å². The molecule has 1 amide bonds. The molecule has 1 aliphatic heterocycles. The fraction of sp³-hybridized carbons (Fsp3) is 0.294. The van der Waals surface area contributed by atoms with Crippen LogP contribution in [0.15, 0.2) is 41.3 Å². The third-order valence-corrected chi connectivity index (χ3v) is 7.08. The Morgan fingerprint density at radius 1 is 1.08 bits per heavy atom. The lowest BCUT2D eigenvalue weighted by molar-refractivity contribution is -0.114. The molecule has 2 aromatic rings. The van der Waals surface area contributed by atoms with E-state index >= 15 is 0 Å². The van der Waals surface area contributed by atoms with Gasteiger partial charge in [0.15, 0.2) is 6.29 Å². The van der Waals surface area contributed by atoms with E-state index in [4.69, 9.17) is 0 Å². The Bertz CT molecular complexity index is 898. The van der Waals surface area contributed by atoms with Crippen molar-refractivity contribution in [1.82, 2.24) is 4.31 Å². The van der Waals surface area contributed by atoms with E-state index in [-0.39, 0.29) is 10.8 Å². The van der Waals surface area contributed by atoms with Crippen molar-refractivity contribution in [3.8, 4) is 0 Å². The minimum Gasteiger partial charge on any atom is -0.361 e. The van der Waals surface area contributed by atoms with Gasteiger partial charge in [-0.3, -0.25) is 9.59 Å². The first kappa shape index (κ1) is 18.6. The van der Waals surface area contributed by atoms with Gasteiger partial charge in [-0.2, -0.15) is 4.31 Å². The number of amides is 1. The van der Waals surface area contributed by atoms with Crippen LogP contribution in [0.3, 0.4) is 0 Å². The van der Waals surface area contributed by atoms with Crippen molar-refractivity contribution in [3.05, 3.63) is 41.3 Å². The van der Waals surface area contributed by atoms with Gasteiger partial charge >= 0.3 is 0 Å². The predicted octanol–water partition coefficient (Wildman–Crippen LogP) is 2.03. The Kier molecular flexibility index (Phi) is 5.40. The minimum absolute atomic E-state index is 0.206. The molecular formula is C17H19N3O4S2. The van der Waals surface area contributed by atoms with Gasteiger partial charge in [0.1, 0.15) is 0 Å². The fourth-order valence-corrected chi connectivity index (χ4v) is 5.08. The normalized spacial score (nSPS) is 15.7. The second-order valence-electron chi connectivity index (χ2n) is 5.89. The van der Waals surface area contributed by atoms with Gasteiger partial charge in [-0.25, -0.2) is 8.42 Å². The molecule has 0 spiro atoms. The molecule has 26 heavy (non-hydrogen) atoms. The zero-order valence-electron chi connectivity index (χ0n) is 14.2. The van der Waals surface area contributed by atoms with Crippen LogP contribution in [0.2, 0.25) is 0 Å². The Labute approximate surface area is 156 Å². The molecular weight excluding hydrogens is 374 g/mol. The molecule has 1 saturated heterocycles. The highest BCUT2D eigenvalue weighted by Crippen LogP contribution is 2.27. The molecule has 1 N–H and O–H groups in total. The highest BCUT2D eigenvalue weighted by atomic mass is 32.2. The monoisotopic (exact) mass is 393 g/mol. The third kappa shape index (κ3) is 3.95. The van der Waals surface area contributed by atoms with E-state index in [0.717, 1.165) is 11.3 Å². The number of carbonyl (C=O) groups is 2. The van der Waals surface area contributed by atoms with E-state index < -0.39 is 10.0 Å². The van der Waals surface area contributed by atoms with Crippen LogP contribution in [0.25, 0.3) is 0 Å². The first-order valence-electron chi connectivity index (χ1n) is 8.08. The zero-order valence-corrected chi connectivity index (χ0v) is 15.8. The van der Waals surface area contributed by atoms with Crippen LogP contribution in [0.5, 0.6) is 0 Å². The first-order valence-corrected chi connectivity index (χ1v) is 10.3. The number of piperazine rings is 1. The summed E-state index contributed by atoms with van der Waals surface area (Å²) in [5.74, 6) is -0.206. The molecule has 9 heteroatoms. The topological polar surface area (TPSA) is 86.8 Å². The predicted molar refractivity (Wildman–Crippen MR) is 101 cm³/mol. The maximum Gasteiger partial charge on any atom is 0.243 e. The summed E-state index contributed by atoms with van der Waals surface area (Å²) in [7, 11) is -3.57. The van der Waals surface area contributed by atoms with Crippen LogP contribution in [-0.4, -0.2) is 51.1 Å². The number of hydrogen-bond acceptors (Lipinski definition) is 6. The van der Waals surface area contributed by atoms with Gasteiger partial charge in [0, 0.05) is 38.8 Å². The largest absolute Gasteiger partial charge is 0.361 e. The third-order valence-electron chi connectivity index (χ3n) is 4.09. The number of anilines is 2. The lowest BCUT2D eigenvalue weighted by atomic mass is 10.3. The summed E-state index contributed by atoms with van der Waals surface area (Å²) in [6.45, 7) is 3.30. The number of rotatable bonds is 5. The molecule has 0 aliphatic carbocycles. The lowest BCUT2D eigenvalue weighted by Crippen LogP contribution is -2.48. The summed E-state index contributed by atoms with van der Waals surface area (Å²) in [6, 6.07) is 9.82. The number of benzene rings is 1. The van der Waals surface area contributed by atoms with Crippen molar-refractivity contribution in [3.63, 3.8) is 0 Å². The van der Waals surface area contributed by atoms with E-state index in [1.54, 1.807) is 18.2 Å². The van der Waals surface area contributed by atoms with Crippen molar-refractivity contribution in [1.29, 1.82) is 0 Å². The molecule has 7 nitrogen and oxygen atoms in total. The highest BCUT2D eigenvalue weighted by molar-refractivity contribution is 7.89. The van der Waals surface area contributed by atoms with Crippen LogP contribution in [0.4, 0.5) is 10.7 Å². The summed E-state index contributed by atoms with van der Waals surface area (Å²) < 4.78 is 27.0. The Balaban J connectivity index is 1.67. The Morgan fingerprint density at radius 3 is 2.27 bits per heavy atom. The number of sulfonamides is 1. The van der Waals surface area contributed by atoms with Crippen molar-refractivity contribution in [2.75, 3.05) is 36.4 Å². The fourth-order valence-electron chi connectivity index (χ4n) is 2.79. The van der Waals surface area contributed by atoms with E-state index in [0.29, 0.717) is 36.7 Å². The number of thiophene rings is 1. The molecule has 1 aromatic heterocycles. The summed E-state index contributed by atoms with van der Waals surface area (Å²) in [5, 5.41) is 3.59. The number of hydrogen-bond donors (Lipinski definition) is 1. The van der Waals surface area contributed by atoms with Crippen molar-refractivity contribution in [2.24, 2.45) is 0 Å². The second kappa shape index (κ2) is 7.56. The molecule has 0 radical (unpaired) electrons. The molecule has 1 aliphatic rings. The van der Waals surface area contributed by atoms with Gasteiger partial charge in [-0.15, -0.1) is 11.3 Å². The molecule has 1 aromatic carbocycles. The van der Waals surface area contributed by atoms with Crippen molar-refractivity contribution >= 4 is 44.2 Å². The zero-order chi connectivity index (χ0) is 18.7. The lowest BCUT2D eigenvalue weighted by Gasteiger charge is -2.34. The first-order chi connectivity index (χ1) is 12.4. The molecule has 3 rings (SSSR count). The smallest absolute Gasteiger partial charge is 0.243 e. The maximum atomic E-state index is 12.8. The Hall–Kier alpha value is -2.23. The molecule has 0 unspecified atom stereocenters. The molecule has 0 saturated carbocycles. The van der Waals surface area contributed by atoms with E-state index in [1.807, 2.05) is 6.07 Å². The van der Waals surface area contributed by atoms with Crippen LogP contribution in [0.1, 0.15) is 16.6 Å². The van der Waals surface area contributed by atoms with E-state index in [2.05, 4.69) is 10.2 Å². The van der Waals surface area contributed by atoms with Crippen LogP contribution in [-0.2, 0) is 14.8 Å². The second-order valence-corrected chi connectivity index (χ2v) is 8.92. The Morgan fingerprint density at radius 2 is 1.73 bits per heavy atom. The van der Waals surface area contributed by atoms with Gasteiger partial charge in [-0.1, -0.05) is 0 Å². The average molecular weight is 393 g/mol. The molecule has 1 fully saturated rings. The highest BCUT2D eigenvalue weighted by Gasteiger charge is 2.29. The van der Waals surface area contributed by atoms with Gasteiger partial charge in [0.25, 0.3) is 0 Å². The molecule has 138 valence electrons. The molecule has 0 atom stereocenters. The van der Waals surface area contributed by atoms with Crippen LogP contribution in [0, 0.1) is 0 Å². The van der Waals surface area contributed by atoms with E-state index in [1.165, 1.54) is 34.7 Å². The quantitative estimate of drug-likeness (QED) is 0.786. The number of aldehydes is 1. The average Bonchev–Trinajstić information content (AvgIpc) is 3.11. The minimum atomic E-state index is -3.57. The SMILES string of the molecule is CC(=O)Nc1ccc(S(=O)(=O)N2CCN(c3ccc(C=O)s3)CC2)cc1. The molecule has 2 heterocycles.